The lowest BCUT2D eigenvalue weighted by Crippen LogP contribution is -2.44. The van der Waals surface area contributed by atoms with Crippen LogP contribution in [0.15, 0.2) is 33.8 Å². The molecule has 0 saturated carbocycles. The molecule has 5 atom stereocenters. The average molecular weight is 405 g/mol. The van der Waals surface area contributed by atoms with Crippen molar-refractivity contribution >= 4 is 5.97 Å². The first-order valence-corrected chi connectivity index (χ1v) is 10.9. The van der Waals surface area contributed by atoms with Crippen LogP contribution >= 0.6 is 0 Å². The minimum Gasteiger partial charge on any atom is -0.496 e. The van der Waals surface area contributed by atoms with Gasteiger partial charge in [-0.15, -0.1) is 0 Å². The Balaban J connectivity index is 2.03. The van der Waals surface area contributed by atoms with Gasteiger partial charge in [-0.1, -0.05) is 38.8 Å². The molecule has 0 fully saturated rings. The summed E-state index contributed by atoms with van der Waals surface area (Å²) < 4.78 is 18.0. The van der Waals surface area contributed by atoms with Gasteiger partial charge in [0.1, 0.15) is 29.8 Å². The molecular formula is C24H36O5. The molecule has 0 radical (unpaired) electrons. The number of carbonyl (C=O) groups is 1. The summed E-state index contributed by atoms with van der Waals surface area (Å²) >= 11 is 0. The first kappa shape index (κ1) is 21.9. The second kappa shape index (κ2) is 8.55. The maximum Gasteiger partial charge on any atom is 0.345 e. The molecule has 0 bridgehead atoms. The molecule has 29 heavy (non-hydrogen) atoms. The Labute approximate surface area is 174 Å². The predicted octanol–water partition coefficient (Wildman–Crippen LogP) is 4.52. The number of rotatable bonds is 4. The van der Waals surface area contributed by atoms with E-state index >= 15 is 0 Å². The summed E-state index contributed by atoms with van der Waals surface area (Å²) in [5.74, 6) is 1.81. The van der Waals surface area contributed by atoms with Gasteiger partial charge in [-0.25, -0.2) is 4.79 Å². The van der Waals surface area contributed by atoms with Crippen LogP contribution in [0.4, 0.5) is 0 Å². The third-order valence-corrected chi connectivity index (χ3v) is 7.16. The molecule has 3 aliphatic rings. The van der Waals surface area contributed by atoms with Crippen molar-refractivity contribution in [3.05, 3.63) is 33.8 Å². The maximum atomic E-state index is 13.0. The van der Waals surface area contributed by atoms with Gasteiger partial charge in [0.2, 0.25) is 0 Å². The summed E-state index contributed by atoms with van der Waals surface area (Å²) in [6.07, 6.45) is 1.16. The number of aliphatic hydroxyl groups is 1. The zero-order chi connectivity index (χ0) is 21.5. The van der Waals surface area contributed by atoms with E-state index in [2.05, 4.69) is 41.5 Å². The highest BCUT2D eigenvalue weighted by molar-refractivity contribution is 5.94. The van der Waals surface area contributed by atoms with Crippen LogP contribution in [-0.2, 0) is 19.0 Å². The zero-order valence-electron chi connectivity index (χ0n) is 18.9. The van der Waals surface area contributed by atoms with Crippen LogP contribution in [0.3, 0.4) is 0 Å². The van der Waals surface area contributed by atoms with Gasteiger partial charge in [0.15, 0.2) is 0 Å². The van der Waals surface area contributed by atoms with E-state index in [4.69, 9.17) is 14.2 Å². The fourth-order valence-electron chi connectivity index (χ4n) is 4.99. The Kier molecular flexibility index (Phi) is 6.47. The second-order valence-corrected chi connectivity index (χ2v) is 9.30. The number of allylic oxidation sites excluding steroid dienone is 2. The van der Waals surface area contributed by atoms with Crippen LogP contribution in [0.1, 0.15) is 60.8 Å². The second-order valence-electron chi connectivity index (χ2n) is 9.30. The topological polar surface area (TPSA) is 65.0 Å². The molecule has 0 amide bonds. The third kappa shape index (κ3) is 3.98. The zero-order valence-corrected chi connectivity index (χ0v) is 18.9. The summed E-state index contributed by atoms with van der Waals surface area (Å²) in [5, 5.41) is 10.7. The molecule has 2 aliphatic carbocycles. The fourth-order valence-corrected chi connectivity index (χ4v) is 4.99. The smallest absolute Gasteiger partial charge is 0.345 e. The van der Waals surface area contributed by atoms with Gasteiger partial charge >= 0.3 is 5.97 Å². The van der Waals surface area contributed by atoms with Crippen molar-refractivity contribution in [3.8, 4) is 0 Å². The van der Waals surface area contributed by atoms with E-state index in [1.54, 1.807) is 7.11 Å². The predicted molar refractivity (Wildman–Crippen MR) is 112 cm³/mol. The van der Waals surface area contributed by atoms with Crippen LogP contribution in [0.2, 0.25) is 0 Å². The van der Waals surface area contributed by atoms with Crippen LogP contribution in [0, 0.1) is 23.7 Å². The SMILES string of the molecule is COC1=C(C(O)CC(C)C)CCC2=C1C(=O)OCC1C(C)=C(C)C(C)C(C)C1O2. The Morgan fingerprint density at radius 3 is 2.48 bits per heavy atom. The lowest BCUT2D eigenvalue weighted by atomic mass is 9.70. The molecule has 1 aliphatic heterocycles. The van der Waals surface area contributed by atoms with E-state index < -0.39 is 12.1 Å². The van der Waals surface area contributed by atoms with E-state index in [1.807, 2.05) is 0 Å². The number of fused-ring (bicyclic) bond motifs is 1. The Morgan fingerprint density at radius 2 is 1.86 bits per heavy atom. The van der Waals surface area contributed by atoms with Gasteiger partial charge in [0.25, 0.3) is 0 Å². The number of cyclic esters (lactones) is 1. The molecule has 3 rings (SSSR count). The van der Waals surface area contributed by atoms with Gasteiger partial charge in [-0.2, -0.15) is 0 Å². The molecule has 0 aromatic carbocycles. The summed E-state index contributed by atoms with van der Waals surface area (Å²) in [7, 11) is 1.55. The van der Waals surface area contributed by atoms with Crippen LogP contribution in [-0.4, -0.2) is 37.0 Å². The minimum absolute atomic E-state index is 0.0351. The number of carbonyl (C=O) groups excluding carboxylic acids is 1. The molecule has 0 aromatic heterocycles. The summed E-state index contributed by atoms with van der Waals surface area (Å²) in [6, 6.07) is 0. The van der Waals surface area contributed by atoms with Crippen molar-refractivity contribution in [2.24, 2.45) is 23.7 Å². The standard InChI is InChI=1S/C24H36O5/c1-12(2)10-19(25)17-8-9-20-21(23(17)27-7)24(26)28-11-18-15(5)13(3)14(4)16(6)22(18)29-20/h12,14,16,18-19,22,25H,8-11H2,1-7H3. The van der Waals surface area contributed by atoms with Crippen LogP contribution < -0.4 is 0 Å². The fraction of sp³-hybridized carbons (Fsp3) is 0.708. The first-order chi connectivity index (χ1) is 13.7. The monoisotopic (exact) mass is 404 g/mol. The summed E-state index contributed by atoms with van der Waals surface area (Å²) in [4.78, 5) is 13.0. The molecular weight excluding hydrogens is 368 g/mol. The van der Waals surface area contributed by atoms with Crippen molar-refractivity contribution in [2.45, 2.75) is 73.0 Å². The molecule has 0 aromatic rings. The van der Waals surface area contributed by atoms with Gasteiger partial charge in [0, 0.05) is 12.0 Å². The number of esters is 1. The van der Waals surface area contributed by atoms with E-state index in [-0.39, 0.29) is 12.0 Å². The van der Waals surface area contributed by atoms with Crippen molar-refractivity contribution in [2.75, 3.05) is 13.7 Å². The normalized spacial score (nSPS) is 31.6. The van der Waals surface area contributed by atoms with E-state index in [0.717, 1.165) is 5.57 Å². The third-order valence-electron chi connectivity index (χ3n) is 7.16. The molecule has 0 saturated heterocycles. The lowest BCUT2D eigenvalue weighted by molar-refractivity contribution is -0.145. The molecule has 5 unspecified atom stereocenters. The highest BCUT2D eigenvalue weighted by Gasteiger charge is 2.43. The Hall–Kier alpha value is -1.75. The quantitative estimate of drug-likeness (QED) is 0.551. The van der Waals surface area contributed by atoms with Gasteiger partial charge < -0.3 is 19.3 Å². The summed E-state index contributed by atoms with van der Waals surface area (Å²) in [6.45, 7) is 13.2. The number of methoxy groups -OCH3 is 1. The molecule has 1 heterocycles. The molecule has 5 nitrogen and oxygen atoms in total. The lowest BCUT2D eigenvalue weighted by Gasteiger charge is -2.43. The molecule has 162 valence electrons. The molecule has 0 spiro atoms. The molecule has 5 heteroatoms. The van der Waals surface area contributed by atoms with Crippen LogP contribution in [0.25, 0.3) is 0 Å². The van der Waals surface area contributed by atoms with Crippen molar-refractivity contribution in [1.82, 2.24) is 0 Å². The maximum absolute atomic E-state index is 13.0. The van der Waals surface area contributed by atoms with Crippen molar-refractivity contribution in [1.29, 1.82) is 0 Å². The van der Waals surface area contributed by atoms with E-state index in [9.17, 15) is 9.90 Å². The van der Waals surface area contributed by atoms with Crippen molar-refractivity contribution in [3.63, 3.8) is 0 Å². The van der Waals surface area contributed by atoms with Gasteiger partial charge in [0.05, 0.1) is 19.1 Å². The Bertz CT molecular complexity index is 757. The largest absolute Gasteiger partial charge is 0.496 e. The number of hydrogen-bond donors (Lipinski definition) is 1. The van der Waals surface area contributed by atoms with Crippen LogP contribution in [0.5, 0.6) is 0 Å². The van der Waals surface area contributed by atoms with Crippen molar-refractivity contribution < 1.29 is 24.1 Å². The first-order valence-electron chi connectivity index (χ1n) is 10.9. The highest BCUT2D eigenvalue weighted by atomic mass is 16.5. The van der Waals surface area contributed by atoms with E-state index in [1.165, 1.54) is 11.1 Å². The molecule has 1 N–H and O–H groups in total. The Morgan fingerprint density at radius 1 is 1.17 bits per heavy atom. The minimum atomic E-state index is -0.633. The number of hydrogen-bond acceptors (Lipinski definition) is 5. The number of aliphatic hydroxyl groups excluding tert-OH is 1. The van der Waals surface area contributed by atoms with Gasteiger partial charge in [-0.3, -0.25) is 0 Å². The van der Waals surface area contributed by atoms with E-state index in [0.29, 0.717) is 60.7 Å². The number of ether oxygens (including phenoxy) is 3. The summed E-state index contributed by atoms with van der Waals surface area (Å²) in [5.41, 5.74) is 3.77. The van der Waals surface area contributed by atoms with Gasteiger partial charge in [-0.05, 0) is 44.4 Å². The average Bonchev–Trinajstić information content (AvgIpc) is 2.67. The highest BCUT2D eigenvalue weighted by Crippen LogP contribution is 2.44.